The lowest BCUT2D eigenvalue weighted by atomic mass is 10.0. The SMILES string of the molecule is Cc1cccn2cc(C(=O)N3CCc4c(c(C(=O)O)nn4CC4CC4)C3)nc12. The molecule has 0 saturated heterocycles. The van der Waals surface area contributed by atoms with Gasteiger partial charge in [0, 0.05) is 43.2 Å². The Morgan fingerprint density at radius 2 is 2.14 bits per heavy atom. The van der Waals surface area contributed by atoms with Crippen LogP contribution in [0.2, 0.25) is 0 Å². The number of hydrogen-bond donors (Lipinski definition) is 1. The van der Waals surface area contributed by atoms with Crippen LogP contribution in [-0.4, -0.2) is 47.6 Å². The molecular formula is C20H21N5O3. The molecule has 1 amide bonds. The van der Waals surface area contributed by atoms with Crippen LogP contribution in [0.25, 0.3) is 5.65 Å². The molecule has 144 valence electrons. The Morgan fingerprint density at radius 1 is 1.32 bits per heavy atom. The summed E-state index contributed by atoms with van der Waals surface area (Å²) in [5.41, 5.74) is 3.81. The van der Waals surface area contributed by atoms with Crippen LogP contribution in [0.3, 0.4) is 0 Å². The molecule has 1 aliphatic heterocycles. The summed E-state index contributed by atoms with van der Waals surface area (Å²) in [6.45, 7) is 3.52. The molecule has 5 rings (SSSR count). The minimum absolute atomic E-state index is 0.0685. The van der Waals surface area contributed by atoms with Crippen LogP contribution in [0.5, 0.6) is 0 Å². The maximum atomic E-state index is 13.0. The number of pyridine rings is 1. The highest BCUT2D eigenvalue weighted by Crippen LogP contribution is 2.33. The van der Waals surface area contributed by atoms with Crippen molar-refractivity contribution < 1.29 is 14.7 Å². The second kappa shape index (κ2) is 6.19. The maximum Gasteiger partial charge on any atom is 0.356 e. The van der Waals surface area contributed by atoms with Gasteiger partial charge in [0.25, 0.3) is 5.91 Å². The number of nitrogens with zero attached hydrogens (tertiary/aromatic N) is 5. The van der Waals surface area contributed by atoms with E-state index in [0.717, 1.165) is 23.4 Å². The Balaban J connectivity index is 1.45. The van der Waals surface area contributed by atoms with E-state index in [1.165, 1.54) is 12.8 Å². The van der Waals surface area contributed by atoms with Crippen LogP contribution in [0.1, 0.15) is 50.6 Å². The zero-order valence-corrected chi connectivity index (χ0v) is 15.6. The van der Waals surface area contributed by atoms with Crippen molar-refractivity contribution in [2.24, 2.45) is 5.92 Å². The highest BCUT2D eigenvalue weighted by molar-refractivity contribution is 5.94. The molecule has 8 nitrogen and oxygen atoms in total. The third kappa shape index (κ3) is 2.76. The van der Waals surface area contributed by atoms with Crippen molar-refractivity contribution in [2.75, 3.05) is 6.54 Å². The summed E-state index contributed by atoms with van der Waals surface area (Å²) in [5.74, 6) is -0.616. The lowest BCUT2D eigenvalue weighted by molar-refractivity contribution is 0.0673. The molecule has 3 aromatic rings. The van der Waals surface area contributed by atoms with E-state index in [2.05, 4.69) is 10.1 Å². The lowest BCUT2D eigenvalue weighted by Gasteiger charge is -2.27. The van der Waals surface area contributed by atoms with Crippen molar-refractivity contribution in [3.05, 3.63) is 52.7 Å². The first-order valence-electron chi connectivity index (χ1n) is 9.56. The van der Waals surface area contributed by atoms with Gasteiger partial charge < -0.3 is 14.4 Å². The number of aromatic carboxylic acids is 1. The van der Waals surface area contributed by atoms with Crippen molar-refractivity contribution in [1.29, 1.82) is 0 Å². The summed E-state index contributed by atoms with van der Waals surface area (Å²) >= 11 is 0. The van der Waals surface area contributed by atoms with Crippen molar-refractivity contribution in [3.8, 4) is 0 Å². The average molecular weight is 379 g/mol. The van der Waals surface area contributed by atoms with E-state index in [1.807, 2.05) is 34.3 Å². The van der Waals surface area contributed by atoms with Gasteiger partial charge in [0.1, 0.15) is 11.3 Å². The van der Waals surface area contributed by atoms with Crippen molar-refractivity contribution in [3.63, 3.8) is 0 Å². The van der Waals surface area contributed by atoms with Gasteiger partial charge in [-0.15, -0.1) is 0 Å². The van der Waals surface area contributed by atoms with Gasteiger partial charge in [0.15, 0.2) is 5.69 Å². The number of carboxylic acids is 1. The fourth-order valence-corrected chi connectivity index (χ4v) is 3.95. The molecule has 1 fully saturated rings. The van der Waals surface area contributed by atoms with Crippen molar-refractivity contribution >= 4 is 17.5 Å². The summed E-state index contributed by atoms with van der Waals surface area (Å²) in [7, 11) is 0. The molecule has 28 heavy (non-hydrogen) atoms. The number of aryl methyl sites for hydroxylation is 1. The minimum atomic E-state index is -1.04. The number of carbonyl (C=O) groups is 2. The maximum absolute atomic E-state index is 13.0. The molecule has 0 radical (unpaired) electrons. The standard InChI is InChI=1S/C20H21N5O3/c1-12-3-2-7-23-11-15(21-18(12)23)19(26)24-8-6-16-14(10-24)17(20(27)28)22-25(16)9-13-4-5-13/h2-3,7,11,13H,4-6,8-10H2,1H3,(H,27,28). The molecule has 0 spiro atoms. The Bertz CT molecular complexity index is 1110. The molecule has 2 aliphatic rings. The summed E-state index contributed by atoms with van der Waals surface area (Å²) in [4.78, 5) is 30.9. The molecule has 4 heterocycles. The van der Waals surface area contributed by atoms with E-state index in [1.54, 1.807) is 11.1 Å². The van der Waals surface area contributed by atoms with Gasteiger partial charge in [-0.2, -0.15) is 5.10 Å². The van der Waals surface area contributed by atoms with Gasteiger partial charge in [0.2, 0.25) is 0 Å². The Morgan fingerprint density at radius 3 is 2.86 bits per heavy atom. The fourth-order valence-electron chi connectivity index (χ4n) is 3.95. The largest absolute Gasteiger partial charge is 0.476 e. The third-order valence-corrected chi connectivity index (χ3v) is 5.65. The van der Waals surface area contributed by atoms with Crippen molar-refractivity contribution in [2.45, 2.75) is 39.3 Å². The molecule has 0 bridgehead atoms. The monoisotopic (exact) mass is 379 g/mol. The number of carbonyl (C=O) groups excluding carboxylic acids is 1. The van der Waals surface area contributed by atoms with Gasteiger partial charge in [-0.25, -0.2) is 9.78 Å². The molecule has 0 aromatic carbocycles. The number of rotatable bonds is 4. The minimum Gasteiger partial charge on any atom is -0.476 e. The van der Waals surface area contributed by atoms with Gasteiger partial charge in [-0.05, 0) is 37.3 Å². The Labute approximate surface area is 161 Å². The number of aromatic nitrogens is 4. The number of amides is 1. The Kier molecular flexibility index (Phi) is 3.75. The zero-order valence-electron chi connectivity index (χ0n) is 15.6. The van der Waals surface area contributed by atoms with E-state index >= 15 is 0 Å². The fraction of sp³-hybridized carbons (Fsp3) is 0.400. The van der Waals surface area contributed by atoms with Crippen LogP contribution >= 0.6 is 0 Å². The molecule has 1 saturated carbocycles. The van der Waals surface area contributed by atoms with Crippen LogP contribution in [0.4, 0.5) is 0 Å². The van der Waals surface area contributed by atoms with E-state index in [9.17, 15) is 14.7 Å². The molecule has 0 atom stereocenters. The molecule has 8 heteroatoms. The molecule has 1 aliphatic carbocycles. The summed E-state index contributed by atoms with van der Waals surface area (Å²) in [5, 5.41) is 13.9. The topological polar surface area (TPSA) is 92.7 Å². The number of carboxylic acid groups (broad SMARTS) is 1. The van der Waals surface area contributed by atoms with Gasteiger partial charge in [-0.1, -0.05) is 6.07 Å². The summed E-state index contributed by atoms with van der Waals surface area (Å²) in [6, 6.07) is 3.87. The van der Waals surface area contributed by atoms with Crippen LogP contribution in [0, 0.1) is 12.8 Å². The lowest BCUT2D eigenvalue weighted by Crippen LogP contribution is -2.37. The molecule has 1 N–H and O–H groups in total. The quantitative estimate of drug-likeness (QED) is 0.750. The van der Waals surface area contributed by atoms with E-state index in [0.29, 0.717) is 30.1 Å². The van der Waals surface area contributed by atoms with Crippen LogP contribution < -0.4 is 0 Å². The molecule has 3 aromatic heterocycles. The predicted octanol–water partition coefficient (Wildman–Crippen LogP) is 2.15. The molecule has 0 unspecified atom stereocenters. The van der Waals surface area contributed by atoms with Gasteiger partial charge in [0.05, 0.1) is 6.54 Å². The summed E-state index contributed by atoms with van der Waals surface area (Å²) in [6.07, 6.45) is 6.56. The van der Waals surface area contributed by atoms with Crippen molar-refractivity contribution in [1.82, 2.24) is 24.1 Å². The number of imidazole rings is 1. The molecular weight excluding hydrogens is 358 g/mol. The third-order valence-electron chi connectivity index (χ3n) is 5.65. The average Bonchev–Trinajstić information content (AvgIpc) is 3.25. The second-order valence-corrected chi connectivity index (χ2v) is 7.73. The number of fused-ring (bicyclic) bond motifs is 2. The first kappa shape index (κ1) is 17.0. The first-order chi connectivity index (χ1) is 13.5. The smallest absolute Gasteiger partial charge is 0.356 e. The number of hydrogen-bond acceptors (Lipinski definition) is 4. The van der Waals surface area contributed by atoms with Gasteiger partial charge in [-0.3, -0.25) is 9.48 Å². The van der Waals surface area contributed by atoms with Gasteiger partial charge >= 0.3 is 5.97 Å². The normalized spacial score (nSPS) is 16.4. The van der Waals surface area contributed by atoms with Crippen LogP contribution in [-0.2, 0) is 19.5 Å². The highest BCUT2D eigenvalue weighted by atomic mass is 16.4. The first-order valence-corrected chi connectivity index (χ1v) is 9.56. The van der Waals surface area contributed by atoms with Crippen LogP contribution in [0.15, 0.2) is 24.5 Å². The predicted molar refractivity (Wildman–Crippen MR) is 100 cm³/mol. The summed E-state index contributed by atoms with van der Waals surface area (Å²) < 4.78 is 3.70. The van der Waals surface area contributed by atoms with E-state index < -0.39 is 5.97 Å². The highest BCUT2D eigenvalue weighted by Gasteiger charge is 2.33. The zero-order chi connectivity index (χ0) is 19.4. The van der Waals surface area contributed by atoms with E-state index in [4.69, 9.17) is 0 Å². The van der Waals surface area contributed by atoms with E-state index in [-0.39, 0.29) is 18.1 Å². The Hall–Kier alpha value is -3.16. The second-order valence-electron chi connectivity index (χ2n) is 7.73.